The molecular formula is C32H45NO9. The van der Waals surface area contributed by atoms with Crippen LogP contribution in [0.25, 0.3) is 0 Å². The second kappa shape index (κ2) is 9.68. The van der Waals surface area contributed by atoms with Crippen LogP contribution in [0.2, 0.25) is 0 Å². The van der Waals surface area contributed by atoms with E-state index in [-0.39, 0.29) is 36.8 Å². The molecule has 1 aromatic rings. The average Bonchev–Trinajstić information content (AvgIpc) is 3.37. The highest BCUT2D eigenvalue weighted by Gasteiger charge is 2.89. The normalized spacial score (nSPS) is 51.9. The van der Waals surface area contributed by atoms with Crippen molar-refractivity contribution in [3.05, 3.63) is 35.9 Å². The van der Waals surface area contributed by atoms with E-state index >= 15 is 0 Å². The van der Waals surface area contributed by atoms with Gasteiger partial charge in [-0.15, -0.1) is 0 Å². The van der Waals surface area contributed by atoms with Gasteiger partial charge in [-0.1, -0.05) is 25.1 Å². The van der Waals surface area contributed by atoms with E-state index in [2.05, 4.69) is 11.8 Å². The summed E-state index contributed by atoms with van der Waals surface area (Å²) in [4.78, 5) is 15.9. The molecule has 7 rings (SSSR count). The zero-order valence-corrected chi connectivity index (χ0v) is 25.1. The van der Waals surface area contributed by atoms with Gasteiger partial charge in [-0.25, -0.2) is 4.79 Å². The molecule has 0 aromatic heterocycles. The fraction of sp³-hybridized carbons (Fsp3) is 0.781. The van der Waals surface area contributed by atoms with Crippen LogP contribution in [-0.2, 0) is 23.7 Å². The minimum atomic E-state index is -1.51. The van der Waals surface area contributed by atoms with Crippen LogP contribution in [0.3, 0.4) is 0 Å². The van der Waals surface area contributed by atoms with Crippen molar-refractivity contribution in [2.24, 2.45) is 34.5 Å². The number of rotatable bonds is 8. The van der Waals surface area contributed by atoms with Crippen molar-refractivity contribution in [3.63, 3.8) is 0 Å². The highest BCUT2D eigenvalue weighted by Crippen LogP contribution is 2.80. The van der Waals surface area contributed by atoms with E-state index in [0.29, 0.717) is 31.7 Å². The lowest BCUT2D eigenvalue weighted by Gasteiger charge is -2.70. The Morgan fingerprint density at radius 1 is 0.976 bits per heavy atom. The van der Waals surface area contributed by atoms with Crippen molar-refractivity contribution in [1.29, 1.82) is 0 Å². The molecule has 1 heterocycles. The van der Waals surface area contributed by atoms with Crippen molar-refractivity contribution in [3.8, 4) is 0 Å². The van der Waals surface area contributed by atoms with Gasteiger partial charge in [0.2, 0.25) is 0 Å². The minimum Gasteiger partial charge on any atom is -0.455 e. The number of hydrogen-bond acceptors (Lipinski definition) is 10. The van der Waals surface area contributed by atoms with Gasteiger partial charge in [-0.05, 0) is 31.0 Å². The number of carbonyl (C=O) groups is 1. The van der Waals surface area contributed by atoms with Gasteiger partial charge in [-0.3, -0.25) is 4.90 Å². The molecule has 232 valence electrons. The number of aliphatic hydroxyl groups excluding tert-OH is 1. The van der Waals surface area contributed by atoms with Gasteiger partial charge in [-0.2, -0.15) is 0 Å². The average molecular weight is 588 g/mol. The van der Waals surface area contributed by atoms with E-state index in [9.17, 15) is 20.1 Å². The first kappa shape index (κ1) is 29.1. The number of aliphatic hydroxyl groups is 3. The maximum absolute atomic E-state index is 13.5. The molecular weight excluding hydrogens is 542 g/mol. The number of ether oxygens (including phenoxy) is 5. The SMILES string of the molecule is CCN1C[C@]2(COC)[C@H](O)C[C@H](OC)[C@@]34[C@@H]5C[C@@]6(O)[C@H](OC(=O)c7ccccc7)[C@@H]5[C@](O)(C[C@H]6OC)[C@@H]([C@H](OC)[C@H]23)[C@@H]14. The molecule has 3 N–H and O–H groups in total. The number of likely N-dealkylation sites (tertiary alicyclic amines) is 1. The monoisotopic (exact) mass is 587 g/mol. The molecule has 10 heteroatoms. The second-order valence-electron chi connectivity index (χ2n) is 13.8. The molecule has 1 spiro atoms. The Kier molecular flexibility index (Phi) is 6.71. The molecule has 10 nitrogen and oxygen atoms in total. The van der Waals surface area contributed by atoms with Crippen molar-refractivity contribution >= 4 is 5.97 Å². The third-order valence-electron chi connectivity index (χ3n) is 12.8. The summed E-state index contributed by atoms with van der Waals surface area (Å²) in [5, 5.41) is 37.6. The van der Waals surface area contributed by atoms with E-state index in [1.807, 2.05) is 6.07 Å². The van der Waals surface area contributed by atoms with Crippen LogP contribution in [-0.4, -0.2) is 122 Å². The van der Waals surface area contributed by atoms with Gasteiger partial charge in [0, 0.05) is 82.5 Å². The van der Waals surface area contributed by atoms with Crippen molar-refractivity contribution in [1.82, 2.24) is 4.90 Å². The Morgan fingerprint density at radius 2 is 1.69 bits per heavy atom. The van der Waals surface area contributed by atoms with Crippen molar-refractivity contribution in [2.75, 3.05) is 48.1 Å². The van der Waals surface area contributed by atoms with Crippen molar-refractivity contribution in [2.45, 2.75) is 73.9 Å². The Morgan fingerprint density at radius 3 is 2.31 bits per heavy atom. The number of esters is 1. The zero-order chi connectivity index (χ0) is 29.8. The molecule has 0 amide bonds. The Bertz CT molecular complexity index is 1220. The standard InChI is InChI=1S/C32H45NO9/c1-6-33-15-29(16-38-2)19(34)12-20(39-3)32-18-13-30(36)21(40-4)14-31(37,23(26(32)33)24(41-5)25(29)32)22(18)27(30)42-28(35)17-10-8-7-9-11-17/h7-11,18-27,34,36-37H,6,12-16H2,1-5H3/t18-,19-,20+,21-,22-,23+,24+,25-,26-,27-,29+,30+,31-,32+/m1/s1. The summed E-state index contributed by atoms with van der Waals surface area (Å²) in [6.45, 7) is 3.76. The summed E-state index contributed by atoms with van der Waals surface area (Å²) < 4.78 is 30.8. The number of methoxy groups -OCH3 is 4. The first-order valence-corrected chi connectivity index (χ1v) is 15.3. The molecule has 6 aliphatic rings. The van der Waals surface area contributed by atoms with Crippen LogP contribution in [0.4, 0.5) is 0 Å². The number of hydrogen-bond donors (Lipinski definition) is 3. The molecule has 0 radical (unpaired) electrons. The van der Waals surface area contributed by atoms with Crippen LogP contribution >= 0.6 is 0 Å². The topological polar surface area (TPSA) is 127 Å². The Balaban J connectivity index is 1.46. The fourth-order valence-corrected chi connectivity index (χ4v) is 11.8. The predicted molar refractivity (Wildman–Crippen MR) is 150 cm³/mol. The third kappa shape index (κ3) is 3.20. The van der Waals surface area contributed by atoms with E-state index < -0.39 is 64.3 Å². The summed E-state index contributed by atoms with van der Waals surface area (Å²) in [6, 6.07) is 8.63. The molecule has 1 aromatic carbocycles. The molecule has 7 bridgehead atoms. The van der Waals surface area contributed by atoms with Crippen LogP contribution in [0, 0.1) is 34.5 Å². The summed E-state index contributed by atoms with van der Waals surface area (Å²) in [5.74, 6) is -2.02. The second-order valence-corrected chi connectivity index (χ2v) is 13.8. The Labute approximate surface area is 247 Å². The smallest absolute Gasteiger partial charge is 0.338 e. The quantitative estimate of drug-likeness (QED) is 0.381. The third-order valence-corrected chi connectivity index (χ3v) is 12.8. The maximum atomic E-state index is 13.5. The van der Waals surface area contributed by atoms with Gasteiger partial charge in [0.1, 0.15) is 11.7 Å². The van der Waals surface area contributed by atoms with Gasteiger partial charge in [0.05, 0.1) is 42.2 Å². The van der Waals surface area contributed by atoms with Crippen LogP contribution in [0.1, 0.15) is 36.5 Å². The minimum absolute atomic E-state index is 0.130. The van der Waals surface area contributed by atoms with E-state index in [1.54, 1.807) is 52.7 Å². The first-order valence-electron chi connectivity index (χ1n) is 15.3. The van der Waals surface area contributed by atoms with Crippen LogP contribution in [0.5, 0.6) is 0 Å². The number of benzene rings is 1. The first-order chi connectivity index (χ1) is 20.1. The number of fused-ring (bicyclic) bond motifs is 2. The molecule has 5 saturated carbocycles. The number of nitrogens with zero attached hydrogens (tertiary/aromatic N) is 1. The van der Waals surface area contributed by atoms with Crippen molar-refractivity contribution < 1.29 is 43.8 Å². The molecule has 0 unspecified atom stereocenters. The van der Waals surface area contributed by atoms with Crippen LogP contribution < -0.4 is 0 Å². The summed E-state index contributed by atoms with van der Waals surface area (Å²) in [5.41, 5.74) is -3.77. The largest absolute Gasteiger partial charge is 0.455 e. The lowest BCUT2D eigenvalue weighted by atomic mass is 9.42. The fourth-order valence-electron chi connectivity index (χ4n) is 11.8. The molecule has 5 aliphatic carbocycles. The summed E-state index contributed by atoms with van der Waals surface area (Å²) in [6.07, 6.45) is -2.36. The number of piperidine rings is 1. The molecule has 14 atom stereocenters. The molecule has 6 fully saturated rings. The molecule has 1 saturated heterocycles. The van der Waals surface area contributed by atoms with Gasteiger partial charge < -0.3 is 39.0 Å². The zero-order valence-electron chi connectivity index (χ0n) is 25.1. The lowest BCUT2D eigenvalue weighted by Crippen LogP contribution is -2.79. The predicted octanol–water partition coefficient (Wildman–Crippen LogP) is 1.11. The number of carbonyl (C=O) groups excluding carboxylic acids is 1. The maximum Gasteiger partial charge on any atom is 0.338 e. The lowest BCUT2D eigenvalue weighted by molar-refractivity contribution is -0.298. The Hall–Kier alpha value is -1.63. The van der Waals surface area contributed by atoms with Gasteiger partial charge in [0.25, 0.3) is 0 Å². The summed E-state index contributed by atoms with van der Waals surface area (Å²) >= 11 is 0. The summed E-state index contributed by atoms with van der Waals surface area (Å²) in [7, 11) is 6.60. The highest BCUT2D eigenvalue weighted by molar-refractivity contribution is 5.89. The van der Waals surface area contributed by atoms with Gasteiger partial charge >= 0.3 is 5.97 Å². The van der Waals surface area contributed by atoms with E-state index in [0.717, 1.165) is 0 Å². The molecule has 42 heavy (non-hydrogen) atoms. The molecule has 1 aliphatic heterocycles. The van der Waals surface area contributed by atoms with Crippen LogP contribution in [0.15, 0.2) is 30.3 Å². The van der Waals surface area contributed by atoms with E-state index in [4.69, 9.17) is 23.7 Å². The van der Waals surface area contributed by atoms with Gasteiger partial charge in [0.15, 0.2) is 0 Å². The highest BCUT2D eigenvalue weighted by atomic mass is 16.6. The van der Waals surface area contributed by atoms with E-state index in [1.165, 1.54) is 0 Å².